The zero-order valence-electron chi connectivity index (χ0n) is 10.4. The van der Waals surface area contributed by atoms with Crippen molar-refractivity contribution < 1.29 is 13.2 Å². The van der Waals surface area contributed by atoms with E-state index in [1.807, 2.05) is 0 Å². The summed E-state index contributed by atoms with van der Waals surface area (Å²) in [4.78, 5) is 0.0209. The summed E-state index contributed by atoms with van der Waals surface area (Å²) in [5, 5.41) is 0. The molecule has 1 aromatic carbocycles. The van der Waals surface area contributed by atoms with Gasteiger partial charge in [0.05, 0.1) is 6.61 Å². The Morgan fingerprint density at radius 3 is 2.56 bits per heavy atom. The van der Waals surface area contributed by atoms with Gasteiger partial charge in [-0.05, 0) is 31.0 Å². The highest BCUT2D eigenvalue weighted by molar-refractivity contribution is 9.10. The smallest absolute Gasteiger partial charge is 0.265 e. The van der Waals surface area contributed by atoms with Crippen molar-refractivity contribution in [3.63, 3.8) is 0 Å². The van der Waals surface area contributed by atoms with Gasteiger partial charge in [-0.1, -0.05) is 35.7 Å². The van der Waals surface area contributed by atoms with E-state index in [2.05, 4.69) is 22.9 Å². The van der Waals surface area contributed by atoms with E-state index in [4.69, 9.17) is 15.4 Å². The quantitative estimate of drug-likeness (QED) is 0.566. The van der Waals surface area contributed by atoms with Crippen LogP contribution in [-0.4, -0.2) is 15.0 Å². The molecule has 0 saturated carbocycles. The normalized spacial score (nSPS) is 11.6. The molecule has 0 aliphatic rings. The van der Waals surface area contributed by atoms with E-state index in [1.54, 1.807) is 13.0 Å². The number of benzene rings is 1. The average Bonchev–Trinajstić information content (AvgIpc) is 2.24. The van der Waals surface area contributed by atoms with Gasteiger partial charge in [0.25, 0.3) is 9.05 Å². The third kappa shape index (κ3) is 4.44. The Hall–Kier alpha value is -0.260. The maximum Gasteiger partial charge on any atom is 0.265 e. The van der Waals surface area contributed by atoms with Gasteiger partial charge in [-0.15, -0.1) is 0 Å². The fraction of sp³-hybridized carbons (Fsp3) is 0.500. The molecule has 0 spiro atoms. The van der Waals surface area contributed by atoms with E-state index in [-0.39, 0.29) is 4.90 Å². The first-order valence-electron chi connectivity index (χ1n) is 5.74. The third-order valence-electron chi connectivity index (χ3n) is 2.46. The summed E-state index contributed by atoms with van der Waals surface area (Å²) in [5.74, 6) is 0.351. The fourth-order valence-corrected chi connectivity index (χ4v) is 3.37. The largest absolute Gasteiger partial charge is 0.492 e. The second kappa shape index (κ2) is 6.78. The second-order valence-corrected chi connectivity index (χ2v) is 7.49. The van der Waals surface area contributed by atoms with Crippen molar-refractivity contribution in [2.45, 2.75) is 38.0 Å². The van der Waals surface area contributed by atoms with Gasteiger partial charge in [-0.25, -0.2) is 8.42 Å². The molecule has 0 aromatic heterocycles. The molecule has 0 amide bonds. The number of aryl methyl sites for hydroxylation is 1. The third-order valence-corrected chi connectivity index (χ3v) is 4.25. The molecule has 0 saturated heterocycles. The predicted octanol–water partition coefficient (Wildman–Crippen LogP) is 4.25. The molecule has 0 radical (unpaired) electrons. The Balaban J connectivity index is 3.02. The van der Waals surface area contributed by atoms with Gasteiger partial charge < -0.3 is 4.74 Å². The van der Waals surface area contributed by atoms with Crippen LogP contribution >= 0.6 is 26.6 Å². The zero-order chi connectivity index (χ0) is 13.8. The maximum atomic E-state index is 11.5. The van der Waals surface area contributed by atoms with E-state index in [0.717, 1.165) is 24.8 Å². The molecule has 1 aromatic rings. The molecule has 102 valence electrons. The lowest BCUT2D eigenvalue weighted by molar-refractivity contribution is 0.297. The lowest BCUT2D eigenvalue weighted by Crippen LogP contribution is -2.04. The van der Waals surface area contributed by atoms with Crippen LogP contribution in [-0.2, 0) is 9.05 Å². The van der Waals surface area contributed by atoms with Gasteiger partial charge in [0.1, 0.15) is 10.6 Å². The summed E-state index contributed by atoms with van der Waals surface area (Å²) in [7, 11) is 1.62. The molecule has 0 N–H and O–H groups in total. The second-order valence-electron chi connectivity index (χ2n) is 4.04. The van der Waals surface area contributed by atoms with Crippen molar-refractivity contribution in [1.82, 2.24) is 0 Å². The number of rotatable bonds is 6. The molecular weight excluding hydrogens is 340 g/mol. The summed E-state index contributed by atoms with van der Waals surface area (Å²) in [5.41, 5.74) is 0.750. The number of unbranched alkanes of at least 4 members (excludes halogenated alkanes) is 2. The fourth-order valence-electron chi connectivity index (χ4n) is 1.59. The molecule has 0 atom stereocenters. The van der Waals surface area contributed by atoms with Gasteiger partial charge >= 0.3 is 0 Å². The number of hydrogen-bond acceptors (Lipinski definition) is 3. The van der Waals surface area contributed by atoms with Crippen LogP contribution in [0.25, 0.3) is 0 Å². The number of halogens is 2. The Labute approximate surface area is 121 Å². The van der Waals surface area contributed by atoms with Gasteiger partial charge in [-0.3, -0.25) is 0 Å². The highest BCUT2D eigenvalue weighted by atomic mass is 79.9. The van der Waals surface area contributed by atoms with Crippen molar-refractivity contribution in [2.75, 3.05) is 6.61 Å². The molecule has 0 aliphatic carbocycles. The first kappa shape index (κ1) is 15.8. The maximum absolute atomic E-state index is 11.5. The molecule has 18 heavy (non-hydrogen) atoms. The monoisotopic (exact) mass is 354 g/mol. The van der Waals surface area contributed by atoms with Crippen LogP contribution in [0.1, 0.15) is 31.7 Å². The minimum atomic E-state index is -3.80. The first-order valence-corrected chi connectivity index (χ1v) is 8.84. The molecular formula is C12H16BrClO3S. The molecule has 0 aliphatic heterocycles. The molecule has 0 unspecified atom stereocenters. The topological polar surface area (TPSA) is 43.4 Å². The minimum Gasteiger partial charge on any atom is -0.492 e. The highest BCUT2D eigenvalue weighted by Gasteiger charge is 2.19. The summed E-state index contributed by atoms with van der Waals surface area (Å²) in [6, 6.07) is 3.27. The highest BCUT2D eigenvalue weighted by Crippen LogP contribution is 2.33. The van der Waals surface area contributed by atoms with Gasteiger partial charge in [0.2, 0.25) is 0 Å². The average molecular weight is 356 g/mol. The van der Waals surface area contributed by atoms with Crippen molar-refractivity contribution in [1.29, 1.82) is 0 Å². The van der Waals surface area contributed by atoms with Crippen LogP contribution in [0.15, 0.2) is 21.5 Å². The van der Waals surface area contributed by atoms with Crippen molar-refractivity contribution in [3.05, 3.63) is 22.2 Å². The van der Waals surface area contributed by atoms with E-state index in [0.29, 0.717) is 16.8 Å². The van der Waals surface area contributed by atoms with Crippen LogP contribution in [0.5, 0.6) is 5.75 Å². The van der Waals surface area contributed by atoms with E-state index in [1.165, 1.54) is 6.07 Å². The van der Waals surface area contributed by atoms with Crippen LogP contribution in [0.2, 0.25) is 0 Å². The van der Waals surface area contributed by atoms with Crippen molar-refractivity contribution in [3.8, 4) is 5.75 Å². The summed E-state index contributed by atoms with van der Waals surface area (Å²) < 4.78 is 29.3. The summed E-state index contributed by atoms with van der Waals surface area (Å²) >= 11 is 3.25. The standard InChI is InChI=1S/C12H16BrClO3S/c1-3-4-5-6-17-12-9(2)7-10(13)8-11(12)18(14,15)16/h7-8H,3-6H2,1-2H3. The van der Waals surface area contributed by atoms with E-state index < -0.39 is 9.05 Å². The van der Waals surface area contributed by atoms with Crippen molar-refractivity contribution in [2.24, 2.45) is 0 Å². The Kier molecular flexibility index (Phi) is 5.95. The predicted molar refractivity (Wildman–Crippen MR) is 76.9 cm³/mol. The lowest BCUT2D eigenvalue weighted by atomic mass is 10.2. The molecule has 1 rings (SSSR count). The number of ether oxygens (including phenoxy) is 1. The number of hydrogen-bond donors (Lipinski definition) is 0. The molecule has 3 nitrogen and oxygen atoms in total. The van der Waals surface area contributed by atoms with Crippen molar-refractivity contribution >= 4 is 35.7 Å². The van der Waals surface area contributed by atoms with Crippen LogP contribution in [0.3, 0.4) is 0 Å². The SMILES string of the molecule is CCCCCOc1c(C)cc(Br)cc1S(=O)(=O)Cl. The van der Waals surface area contributed by atoms with Gasteiger partial charge in [-0.2, -0.15) is 0 Å². The van der Waals surface area contributed by atoms with E-state index in [9.17, 15) is 8.42 Å². The zero-order valence-corrected chi connectivity index (χ0v) is 13.5. The molecule has 6 heteroatoms. The van der Waals surface area contributed by atoms with Crippen LogP contribution in [0.4, 0.5) is 0 Å². The van der Waals surface area contributed by atoms with Gasteiger partial charge in [0, 0.05) is 15.2 Å². The first-order chi connectivity index (χ1) is 8.36. The Morgan fingerprint density at radius 1 is 1.33 bits per heavy atom. The molecule has 0 fully saturated rings. The lowest BCUT2D eigenvalue weighted by Gasteiger charge is -2.13. The minimum absolute atomic E-state index is 0.0209. The Bertz CT molecular complexity index is 514. The summed E-state index contributed by atoms with van der Waals surface area (Å²) in [6.45, 7) is 4.39. The molecule has 0 bridgehead atoms. The van der Waals surface area contributed by atoms with Crippen LogP contribution in [0, 0.1) is 6.92 Å². The molecule has 0 heterocycles. The summed E-state index contributed by atoms with van der Waals surface area (Å²) in [6.07, 6.45) is 3.04. The Morgan fingerprint density at radius 2 is 2.00 bits per heavy atom. The van der Waals surface area contributed by atoms with Crippen LogP contribution < -0.4 is 4.74 Å². The van der Waals surface area contributed by atoms with E-state index >= 15 is 0 Å². The van der Waals surface area contributed by atoms with Gasteiger partial charge in [0.15, 0.2) is 0 Å².